The number of aryl methyl sites for hydroxylation is 2. The Kier molecular flexibility index (Phi) is 3.56. The van der Waals surface area contributed by atoms with E-state index >= 15 is 0 Å². The largest absolute Gasteiger partial charge is 0.208 e. The summed E-state index contributed by atoms with van der Waals surface area (Å²) in [5.74, 6) is 0. The molecule has 0 amide bonds. The summed E-state index contributed by atoms with van der Waals surface area (Å²) in [7, 11) is 4.17. The third-order valence-electron chi connectivity index (χ3n) is 4.77. The van der Waals surface area contributed by atoms with Crippen LogP contribution >= 0.6 is 0 Å². The molecule has 0 radical (unpaired) electrons. The molecule has 1 aliphatic rings. The van der Waals surface area contributed by atoms with Crippen LogP contribution in [0, 0.1) is 0 Å². The van der Waals surface area contributed by atoms with E-state index < -0.39 is 0 Å². The van der Waals surface area contributed by atoms with E-state index in [2.05, 4.69) is 72.3 Å². The number of hydrogen-bond acceptors (Lipinski definition) is 0. The van der Waals surface area contributed by atoms with Crippen molar-refractivity contribution in [3.05, 3.63) is 60.2 Å². The topological polar surface area (TPSA) is 7.76 Å². The predicted molar refractivity (Wildman–Crippen MR) is 79.1 cm³/mol. The number of nitrogens with zero attached hydrogens (tertiary/aromatic N) is 2. The van der Waals surface area contributed by atoms with Gasteiger partial charge in [-0.15, -0.1) is 0 Å². The molecule has 3 rings (SSSR count). The molecule has 0 spiro atoms. The van der Waals surface area contributed by atoms with Crippen LogP contribution in [-0.4, -0.2) is 0 Å². The summed E-state index contributed by atoms with van der Waals surface area (Å²) in [6.07, 6.45) is 15.3. The molecule has 0 saturated heterocycles. The highest BCUT2D eigenvalue weighted by Crippen LogP contribution is 2.44. The third-order valence-corrected chi connectivity index (χ3v) is 4.77. The Labute approximate surface area is 121 Å². The van der Waals surface area contributed by atoms with Gasteiger partial charge in [-0.05, 0) is 24.0 Å². The lowest BCUT2D eigenvalue weighted by molar-refractivity contribution is -0.671. The van der Waals surface area contributed by atoms with Gasteiger partial charge in [-0.25, -0.2) is 9.13 Å². The zero-order valence-electron chi connectivity index (χ0n) is 12.5. The summed E-state index contributed by atoms with van der Waals surface area (Å²) >= 11 is 0. The Morgan fingerprint density at radius 3 is 1.50 bits per heavy atom. The predicted octanol–water partition coefficient (Wildman–Crippen LogP) is 2.59. The molecule has 0 aromatic carbocycles. The molecule has 2 heterocycles. The number of aromatic nitrogens is 2. The van der Waals surface area contributed by atoms with Crippen molar-refractivity contribution in [2.75, 3.05) is 0 Å². The summed E-state index contributed by atoms with van der Waals surface area (Å²) in [6.45, 7) is 0. The van der Waals surface area contributed by atoms with Gasteiger partial charge in [0.1, 0.15) is 14.1 Å². The molecule has 1 aliphatic carbocycles. The average Bonchev–Trinajstić information content (AvgIpc) is 2.49. The van der Waals surface area contributed by atoms with E-state index in [0.717, 1.165) is 0 Å². The van der Waals surface area contributed by atoms with Gasteiger partial charge >= 0.3 is 0 Å². The van der Waals surface area contributed by atoms with Crippen LogP contribution in [0.1, 0.15) is 43.2 Å². The van der Waals surface area contributed by atoms with Gasteiger partial charge in [0.15, 0.2) is 24.8 Å². The normalized spacial score (nSPS) is 17.9. The van der Waals surface area contributed by atoms with Crippen molar-refractivity contribution < 1.29 is 9.13 Å². The maximum Gasteiger partial charge on any atom is 0.168 e. The van der Waals surface area contributed by atoms with Crippen molar-refractivity contribution in [1.82, 2.24) is 0 Å². The van der Waals surface area contributed by atoms with E-state index in [1.54, 1.807) is 0 Å². The van der Waals surface area contributed by atoms with Crippen LogP contribution in [0.15, 0.2) is 49.1 Å². The lowest BCUT2D eigenvalue weighted by atomic mass is 9.66. The quantitative estimate of drug-likeness (QED) is 0.740. The molecule has 2 aromatic heterocycles. The monoisotopic (exact) mass is 268 g/mol. The molecule has 0 N–H and O–H groups in total. The molecule has 0 aliphatic heterocycles. The summed E-state index contributed by atoms with van der Waals surface area (Å²) < 4.78 is 4.23. The Balaban J connectivity index is 2.08. The van der Waals surface area contributed by atoms with Gasteiger partial charge in [0.2, 0.25) is 0 Å². The van der Waals surface area contributed by atoms with Crippen LogP contribution in [0.25, 0.3) is 0 Å². The van der Waals surface area contributed by atoms with Crippen LogP contribution < -0.4 is 9.13 Å². The molecular weight excluding hydrogens is 244 g/mol. The zero-order chi connectivity index (χ0) is 14.0. The van der Waals surface area contributed by atoms with Gasteiger partial charge in [0.05, 0.1) is 0 Å². The first-order valence-electron chi connectivity index (χ1n) is 7.62. The van der Waals surface area contributed by atoms with Gasteiger partial charge < -0.3 is 0 Å². The first kappa shape index (κ1) is 13.3. The van der Waals surface area contributed by atoms with Crippen LogP contribution in [0.2, 0.25) is 0 Å². The fourth-order valence-electron chi connectivity index (χ4n) is 3.54. The lowest BCUT2D eigenvalue weighted by Crippen LogP contribution is -2.34. The summed E-state index contributed by atoms with van der Waals surface area (Å²) in [6, 6.07) is 9.22. The Morgan fingerprint density at radius 1 is 0.700 bits per heavy atom. The van der Waals surface area contributed by atoms with Gasteiger partial charge in [0, 0.05) is 29.7 Å². The van der Waals surface area contributed by atoms with Crippen molar-refractivity contribution in [2.24, 2.45) is 14.1 Å². The van der Waals surface area contributed by atoms with E-state index in [1.165, 1.54) is 43.2 Å². The Hall–Kier alpha value is -1.70. The van der Waals surface area contributed by atoms with Crippen LogP contribution in [0.3, 0.4) is 0 Å². The van der Waals surface area contributed by atoms with Crippen molar-refractivity contribution in [1.29, 1.82) is 0 Å². The number of rotatable bonds is 2. The standard InChI is InChI=1S/C18H24N2/c1-19-12-6-16(7-13-19)18(10-4-3-5-11-18)17-8-14-20(2)15-9-17/h6-9,12-15H,3-5,10-11H2,1-2H3/q+2. The molecule has 2 aromatic rings. The highest BCUT2D eigenvalue weighted by molar-refractivity contribution is 5.37. The van der Waals surface area contributed by atoms with Crippen molar-refractivity contribution in [3.8, 4) is 0 Å². The fraction of sp³-hybridized carbons (Fsp3) is 0.444. The number of pyridine rings is 2. The second-order valence-corrected chi connectivity index (χ2v) is 6.15. The van der Waals surface area contributed by atoms with Crippen LogP contribution in [0.5, 0.6) is 0 Å². The molecule has 2 nitrogen and oxygen atoms in total. The molecule has 0 atom stereocenters. The van der Waals surface area contributed by atoms with E-state index in [-0.39, 0.29) is 5.41 Å². The second kappa shape index (κ2) is 5.35. The third kappa shape index (κ3) is 2.35. The molecule has 20 heavy (non-hydrogen) atoms. The summed E-state index contributed by atoms with van der Waals surface area (Å²) in [4.78, 5) is 0. The highest BCUT2D eigenvalue weighted by Gasteiger charge is 2.36. The molecule has 1 fully saturated rings. The molecule has 0 unspecified atom stereocenters. The average molecular weight is 268 g/mol. The van der Waals surface area contributed by atoms with Gasteiger partial charge in [-0.1, -0.05) is 19.3 Å². The van der Waals surface area contributed by atoms with E-state index in [0.29, 0.717) is 0 Å². The van der Waals surface area contributed by atoms with Crippen LogP contribution in [0.4, 0.5) is 0 Å². The van der Waals surface area contributed by atoms with Crippen molar-refractivity contribution in [2.45, 2.75) is 37.5 Å². The molecular formula is C18H24N2+2. The smallest absolute Gasteiger partial charge is 0.168 e. The van der Waals surface area contributed by atoms with Gasteiger partial charge in [-0.2, -0.15) is 0 Å². The maximum absolute atomic E-state index is 2.30. The summed E-state index contributed by atoms with van der Waals surface area (Å²) in [5.41, 5.74) is 3.18. The maximum atomic E-state index is 2.30. The van der Waals surface area contributed by atoms with Gasteiger partial charge in [0.25, 0.3) is 0 Å². The van der Waals surface area contributed by atoms with Gasteiger partial charge in [-0.3, -0.25) is 0 Å². The van der Waals surface area contributed by atoms with Crippen molar-refractivity contribution >= 4 is 0 Å². The summed E-state index contributed by atoms with van der Waals surface area (Å²) in [5, 5.41) is 0. The minimum absolute atomic E-state index is 0.223. The lowest BCUT2D eigenvalue weighted by Gasteiger charge is -2.37. The van der Waals surface area contributed by atoms with E-state index in [1.807, 2.05) is 0 Å². The van der Waals surface area contributed by atoms with E-state index in [4.69, 9.17) is 0 Å². The first-order chi connectivity index (χ1) is 9.71. The van der Waals surface area contributed by atoms with Crippen molar-refractivity contribution in [3.63, 3.8) is 0 Å². The Morgan fingerprint density at radius 2 is 1.10 bits per heavy atom. The minimum atomic E-state index is 0.223. The SMILES string of the molecule is C[n+]1ccc(C2(c3cc[n+](C)cc3)CCCCC2)cc1. The zero-order valence-corrected chi connectivity index (χ0v) is 12.5. The molecule has 104 valence electrons. The first-order valence-corrected chi connectivity index (χ1v) is 7.62. The minimum Gasteiger partial charge on any atom is -0.208 e. The second-order valence-electron chi connectivity index (χ2n) is 6.15. The Bertz CT molecular complexity index is 516. The fourth-order valence-corrected chi connectivity index (χ4v) is 3.54. The van der Waals surface area contributed by atoms with E-state index in [9.17, 15) is 0 Å². The molecule has 0 bridgehead atoms. The number of hydrogen-bond donors (Lipinski definition) is 0. The molecule has 1 saturated carbocycles. The molecule has 2 heteroatoms. The highest BCUT2D eigenvalue weighted by atomic mass is 14.9. The van der Waals surface area contributed by atoms with Crippen LogP contribution in [-0.2, 0) is 19.5 Å².